The van der Waals surface area contributed by atoms with Crippen molar-refractivity contribution in [3.05, 3.63) is 46.4 Å². The van der Waals surface area contributed by atoms with Crippen LogP contribution < -0.4 is 10.6 Å². The first-order valence-corrected chi connectivity index (χ1v) is 11.4. The first-order valence-electron chi connectivity index (χ1n) is 10.2. The lowest BCUT2D eigenvalue weighted by molar-refractivity contribution is -0.142. The summed E-state index contributed by atoms with van der Waals surface area (Å²) in [5, 5.41) is 8.35. The van der Waals surface area contributed by atoms with E-state index in [0.29, 0.717) is 15.7 Å². The van der Waals surface area contributed by atoms with Gasteiger partial charge in [0.1, 0.15) is 6.04 Å². The maximum atomic E-state index is 13.2. The summed E-state index contributed by atoms with van der Waals surface area (Å²) in [5.74, 6) is -0.973. The molecule has 2 rings (SSSR count). The highest BCUT2D eigenvalue weighted by molar-refractivity contribution is 7.13. The lowest BCUT2D eigenvalue weighted by Gasteiger charge is -2.33. The molecule has 32 heavy (non-hydrogen) atoms. The summed E-state index contributed by atoms with van der Waals surface area (Å²) in [6, 6.07) is 5.90. The number of benzene rings is 1. The van der Waals surface area contributed by atoms with Crippen molar-refractivity contribution in [1.82, 2.24) is 15.2 Å². The minimum atomic E-state index is -0.892. The number of rotatable bonds is 10. The average Bonchev–Trinajstić information content (AvgIpc) is 3.22. The van der Waals surface area contributed by atoms with E-state index >= 15 is 0 Å². The van der Waals surface area contributed by atoms with Crippen molar-refractivity contribution in [2.24, 2.45) is 0 Å². The Balaban J connectivity index is 2.23. The largest absolute Gasteiger partial charge is 0.383 e. The number of carbonyl (C=O) groups is 3. The van der Waals surface area contributed by atoms with Gasteiger partial charge in [-0.2, -0.15) is 0 Å². The minimum absolute atomic E-state index is 0.0316. The van der Waals surface area contributed by atoms with Crippen molar-refractivity contribution in [2.45, 2.75) is 45.2 Å². The fourth-order valence-electron chi connectivity index (χ4n) is 2.97. The van der Waals surface area contributed by atoms with Crippen molar-refractivity contribution >= 4 is 45.8 Å². The number of methoxy groups -OCH3 is 1. The van der Waals surface area contributed by atoms with Crippen LogP contribution in [0.25, 0.3) is 0 Å². The van der Waals surface area contributed by atoms with Crippen LogP contribution >= 0.6 is 22.9 Å². The maximum absolute atomic E-state index is 13.2. The summed E-state index contributed by atoms with van der Waals surface area (Å²) in [6.07, 6.45) is 1.49. The minimum Gasteiger partial charge on any atom is -0.383 e. The predicted molar refractivity (Wildman–Crippen MR) is 126 cm³/mol. The quantitative estimate of drug-likeness (QED) is 0.540. The molecular weight excluding hydrogens is 452 g/mol. The second kappa shape index (κ2) is 11.9. The first-order chi connectivity index (χ1) is 15.1. The molecule has 0 aliphatic carbocycles. The summed E-state index contributed by atoms with van der Waals surface area (Å²) in [5.41, 5.74) is 0.124. The highest BCUT2D eigenvalue weighted by Crippen LogP contribution is 2.25. The third-order valence-corrected chi connectivity index (χ3v) is 5.29. The SMILES string of the molecule is COCCN(C(=O)CCC(=O)Nc1nccs1)[C@@H](C(=O)NC(C)(C)C)c1ccc(Cl)cc1. The van der Waals surface area contributed by atoms with E-state index in [2.05, 4.69) is 15.6 Å². The smallest absolute Gasteiger partial charge is 0.247 e. The van der Waals surface area contributed by atoms with E-state index in [9.17, 15) is 14.4 Å². The number of thiazole rings is 1. The van der Waals surface area contributed by atoms with Crippen LogP contribution in [-0.4, -0.2) is 53.4 Å². The Labute approximate surface area is 197 Å². The zero-order valence-corrected chi connectivity index (χ0v) is 20.3. The fourth-order valence-corrected chi connectivity index (χ4v) is 3.65. The number of halogens is 1. The van der Waals surface area contributed by atoms with Gasteiger partial charge in [-0.3, -0.25) is 14.4 Å². The molecule has 0 radical (unpaired) electrons. The average molecular weight is 481 g/mol. The molecule has 0 bridgehead atoms. The second-order valence-electron chi connectivity index (χ2n) is 8.16. The highest BCUT2D eigenvalue weighted by atomic mass is 35.5. The zero-order valence-electron chi connectivity index (χ0n) is 18.7. The summed E-state index contributed by atoms with van der Waals surface area (Å²) in [6.45, 7) is 6.04. The van der Waals surface area contributed by atoms with E-state index in [4.69, 9.17) is 16.3 Å². The van der Waals surface area contributed by atoms with Gasteiger partial charge in [-0.25, -0.2) is 4.98 Å². The molecule has 8 nitrogen and oxygen atoms in total. The monoisotopic (exact) mass is 480 g/mol. The van der Waals surface area contributed by atoms with Gasteiger partial charge in [-0.15, -0.1) is 11.3 Å². The summed E-state index contributed by atoms with van der Waals surface area (Å²) >= 11 is 7.32. The lowest BCUT2D eigenvalue weighted by Crippen LogP contribution is -2.50. The van der Waals surface area contributed by atoms with E-state index in [0.717, 1.165) is 0 Å². The van der Waals surface area contributed by atoms with Gasteiger partial charge in [0.2, 0.25) is 17.7 Å². The van der Waals surface area contributed by atoms with Crippen LogP contribution in [0.5, 0.6) is 0 Å². The molecule has 0 aliphatic heterocycles. The van der Waals surface area contributed by atoms with E-state index < -0.39 is 11.6 Å². The van der Waals surface area contributed by atoms with Crippen molar-refractivity contribution in [2.75, 3.05) is 25.6 Å². The number of amides is 3. The third kappa shape index (κ3) is 8.22. The van der Waals surface area contributed by atoms with Crippen LogP contribution in [0.3, 0.4) is 0 Å². The van der Waals surface area contributed by atoms with Crippen LogP contribution in [0, 0.1) is 0 Å². The maximum Gasteiger partial charge on any atom is 0.247 e. The standard InChI is InChI=1S/C22H29ClN4O4S/c1-22(2,3)26-20(30)19(15-5-7-16(23)8-6-15)27(12-13-31-4)18(29)10-9-17(28)25-21-24-11-14-32-21/h5-8,11,14,19H,9-10,12-13H2,1-4H3,(H,26,30)(H,24,25,28)/t19-/m1/s1. The molecule has 0 unspecified atom stereocenters. The number of ether oxygens (including phenoxy) is 1. The van der Waals surface area contributed by atoms with E-state index in [1.165, 1.54) is 23.3 Å². The van der Waals surface area contributed by atoms with Gasteiger partial charge >= 0.3 is 0 Å². The highest BCUT2D eigenvalue weighted by Gasteiger charge is 2.33. The zero-order chi connectivity index (χ0) is 23.7. The van der Waals surface area contributed by atoms with Gasteiger partial charge in [0.05, 0.1) is 6.61 Å². The molecule has 0 saturated carbocycles. The molecular formula is C22H29ClN4O4S. The number of aromatic nitrogens is 1. The fraction of sp³-hybridized carbons (Fsp3) is 0.455. The predicted octanol–water partition coefficient (Wildman–Crippen LogP) is 3.65. The van der Waals surface area contributed by atoms with Crippen molar-refractivity contribution in [3.8, 4) is 0 Å². The molecule has 3 amide bonds. The Kier molecular flexibility index (Phi) is 9.61. The number of nitrogens with one attached hydrogen (secondary N) is 2. The Hall–Kier alpha value is -2.49. The first kappa shape index (κ1) is 25.8. The van der Waals surface area contributed by atoms with Crippen LogP contribution in [0.1, 0.15) is 45.2 Å². The van der Waals surface area contributed by atoms with Crippen molar-refractivity contribution in [1.29, 1.82) is 0 Å². The molecule has 1 aromatic carbocycles. The molecule has 1 aromatic heterocycles. The molecule has 0 aliphatic rings. The van der Waals surface area contributed by atoms with Crippen LogP contribution in [0.4, 0.5) is 5.13 Å². The summed E-state index contributed by atoms with van der Waals surface area (Å²) in [4.78, 5) is 44.1. The van der Waals surface area contributed by atoms with Crippen molar-refractivity contribution < 1.29 is 19.1 Å². The molecule has 0 spiro atoms. The Morgan fingerprint density at radius 3 is 2.44 bits per heavy atom. The number of hydrogen-bond donors (Lipinski definition) is 2. The normalized spacial score (nSPS) is 12.2. The molecule has 10 heteroatoms. The van der Waals surface area contributed by atoms with Gasteiger partial charge in [-0.05, 0) is 38.5 Å². The van der Waals surface area contributed by atoms with Gasteiger partial charge in [0.25, 0.3) is 0 Å². The number of nitrogens with zero attached hydrogens (tertiary/aromatic N) is 2. The Morgan fingerprint density at radius 1 is 1.19 bits per heavy atom. The van der Waals surface area contributed by atoms with Gasteiger partial charge in [0, 0.05) is 48.6 Å². The van der Waals surface area contributed by atoms with Crippen LogP contribution in [0.15, 0.2) is 35.8 Å². The van der Waals surface area contributed by atoms with E-state index in [1.807, 2.05) is 20.8 Å². The summed E-state index contributed by atoms with van der Waals surface area (Å²) < 4.78 is 5.17. The molecule has 2 N–H and O–H groups in total. The Bertz CT molecular complexity index is 898. The van der Waals surface area contributed by atoms with Crippen LogP contribution in [0.2, 0.25) is 5.02 Å². The molecule has 0 fully saturated rings. The van der Waals surface area contributed by atoms with Gasteiger partial charge in [0.15, 0.2) is 5.13 Å². The van der Waals surface area contributed by atoms with Gasteiger partial charge in [-0.1, -0.05) is 23.7 Å². The van der Waals surface area contributed by atoms with E-state index in [-0.39, 0.29) is 43.7 Å². The van der Waals surface area contributed by atoms with E-state index in [1.54, 1.807) is 35.8 Å². The molecule has 2 aromatic rings. The third-order valence-electron chi connectivity index (χ3n) is 4.35. The second-order valence-corrected chi connectivity index (χ2v) is 9.49. The van der Waals surface area contributed by atoms with Gasteiger partial charge < -0.3 is 20.3 Å². The number of anilines is 1. The van der Waals surface area contributed by atoms with Crippen molar-refractivity contribution in [3.63, 3.8) is 0 Å². The Morgan fingerprint density at radius 2 is 1.88 bits per heavy atom. The molecule has 1 atom stereocenters. The molecule has 174 valence electrons. The number of hydrogen-bond acceptors (Lipinski definition) is 6. The van der Waals surface area contributed by atoms with Crippen LogP contribution in [-0.2, 0) is 19.1 Å². The summed E-state index contributed by atoms with van der Waals surface area (Å²) in [7, 11) is 1.52. The topological polar surface area (TPSA) is 101 Å². The molecule has 0 saturated heterocycles. The lowest BCUT2D eigenvalue weighted by atomic mass is 10.0. The molecule has 1 heterocycles. The number of carbonyl (C=O) groups excluding carboxylic acids is 3.